The molecule has 4 aromatic rings. The van der Waals surface area contributed by atoms with Gasteiger partial charge in [-0.25, -0.2) is 14.2 Å². The summed E-state index contributed by atoms with van der Waals surface area (Å²) in [5.41, 5.74) is 1.72. The van der Waals surface area contributed by atoms with Crippen LogP contribution in [-0.4, -0.2) is 158 Å². The van der Waals surface area contributed by atoms with Crippen molar-refractivity contribution >= 4 is 64.1 Å². The van der Waals surface area contributed by atoms with Crippen LogP contribution < -0.4 is 42.8 Å². The molecule has 436 valence electrons. The maximum atomic E-state index is 15.4. The number of methoxy groups -OCH3 is 1. The molecule has 0 radical (unpaired) electrons. The van der Waals surface area contributed by atoms with Crippen molar-refractivity contribution in [1.29, 1.82) is 0 Å². The molecule has 1 aliphatic carbocycles. The number of imide groups is 1. The number of carbonyl (C=O) groups is 9. The van der Waals surface area contributed by atoms with E-state index in [0.717, 1.165) is 23.5 Å². The summed E-state index contributed by atoms with van der Waals surface area (Å²) in [6.45, 7) is 2.03. The molecule has 8 rings (SSSR count). The predicted molar refractivity (Wildman–Crippen MR) is 288 cm³/mol. The summed E-state index contributed by atoms with van der Waals surface area (Å²) in [5.74, 6) is -7.13. The highest BCUT2D eigenvalue weighted by Gasteiger charge is 2.46. The van der Waals surface area contributed by atoms with Crippen molar-refractivity contribution in [3.8, 4) is 11.4 Å². The first kappa shape index (κ1) is 59.8. The highest BCUT2D eigenvalue weighted by Crippen LogP contribution is 2.46. The normalized spacial score (nSPS) is 17.3. The van der Waals surface area contributed by atoms with Gasteiger partial charge in [0.25, 0.3) is 17.4 Å². The van der Waals surface area contributed by atoms with Gasteiger partial charge in [0.05, 0.1) is 54.7 Å². The minimum absolute atomic E-state index is 0.00695. The van der Waals surface area contributed by atoms with Gasteiger partial charge >= 0.3 is 5.97 Å². The molecular formula is C56H65FN10O15. The minimum atomic E-state index is -2.06. The van der Waals surface area contributed by atoms with Crippen molar-refractivity contribution in [1.82, 2.24) is 51.7 Å². The zero-order valence-electron chi connectivity index (χ0n) is 45.5. The Balaban J connectivity index is 0.810. The number of nitrogens with one attached hydrogen (secondary N) is 7. The maximum Gasteiger partial charge on any atom is 0.343 e. The van der Waals surface area contributed by atoms with E-state index in [-0.39, 0.29) is 43.7 Å². The number of pyridine rings is 2. The fraction of sp³-hybridized carbons (Fsp3) is 0.446. The number of hydrogen-bond donors (Lipinski definition) is 8. The SMILES string of the molecule is CC[C@@]1(O)C(=O)OCc2c1cc1n(c2=O)Cc2c-1nc1cc(F)c(C)c3c1c2[C@@H](NC(=O)COCNC(=O)CNC(=O)[C@H](Cc1ccccc1)NC(=O)CNC(=O)CNC(=O)C(CNCCCOCCCOC)N1C(=O)C=CC1=O)CC3. The van der Waals surface area contributed by atoms with Gasteiger partial charge in [-0.3, -0.25) is 48.1 Å². The van der Waals surface area contributed by atoms with Crippen molar-refractivity contribution < 1.29 is 71.6 Å². The lowest BCUT2D eigenvalue weighted by atomic mass is 9.81. The van der Waals surface area contributed by atoms with E-state index in [4.69, 9.17) is 23.9 Å². The lowest BCUT2D eigenvalue weighted by molar-refractivity contribution is -0.172. The summed E-state index contributed by atoms with van der Waals surface area (Å²) in [7, 11) is 1.60. The molecule has 0 saturated heterocycles. The van der Waals surface area contributed by atoms with Crippen LogP contribution in [0.5, 0.6) is 0 Å². The number of esters is 1. The standard InChI is InChI=1S/C56H65FN10O15/c1-4-56(78)36-21-41-51-34(27-66(41)54(76)35(36)28-82-55(56)77)50-38(13-12-33-31(2)37(57)22-39(65-51)49(33)50)63-46(71)29-81-30-62-44(69)25-60-52(74)40(20-32-10-6-5-7-11-32)64-45(70)26-59-43(68)24-61-53(75)42(67-47(72)14-15-48(67)73)23-58-16-8-18-80-19-9-17-79-3/h5-7,10-11,14-15,21-22,38,40,42,58,78H,4,8-9,12-13,16-20,23-30H2,1-3H3,(H,59,68)(H,60,74)(H,61,75)(H,62,69)(H,63,71)(H,64,70)/t38-,40-,42?,56-/m0/s1. The van der Waals surface area contributed by atoms with Gasteiger partial charge < -0.3 is 65.8 Å². The fourth-order valence-electron chi connectivity index (χ4n) is 10.4. The van der Waals surface area contributed by atoms with E-state index in [2.05, 4.69) is 37.2 Å². The highest BCUT2D eigenvalue weighted by atomic mass is 19.1. The fourth-order valence-corrected chi connectivity index (χ4v) is 10.4. The molecule has 82 heavy (non-hydrogen) atoms. The van der Waals surface area contributed by atoms with Crippen molar-refractivity contribution in [3.63, 3.8) is 0 Å². The molecule has 4 aliphatic rings. The second-order valence-corrected chi connectivity index (χ2v) is 20.0. The summed E-state index contributed by atoms with van der Waals surface area (Å²) in [6, 6.07) is 8.37. The van der Waals surface area contributed by atoms with E-state index < -0.39 is 121 Å². The molecular weight excluding hydrogens is 1070 g/mol. The number of amides is 8. The predicted octanol–water partition coefficient (Wildman–Crippen LogP) is -0.877. The van der Waals surface area contributed by atoms with Crippen LogP contribution in [0.3, 0.4) is 0 Å². The molecule has 0 saturated carbocycles. The van der Waals surface area contributed by atoms with Crippen LogP contribution in [0.15, 0.2) is 59.4 Å². The van der Waals surface area contributed by atoms with Crippen molar-refractivity contribution in [2.75, 3.05) is 73.0 Å². The topological polar surface area (TPSA) is 333 Å². The molecule has 0 bridgehead atoms. The molecule has 0 spiro atoms. The summed E-state index contributed by atoms with van der Waals surface area (Å²) < 4.78 is 38.1. The van der Waals surface area contributed by atoms with Gasteiger partial charge in [0.15, 0.2) is 5.60 Å². The molecule has 1 unspecified atom stereocenters. The number of carbonyl (C=O) groups excluding carboxylic acids is 9. The van der Waals surface area contributed by atoms with E-state index in [1.165, 1.54) is 10.6 Å². The van der Waals surface area contributed by atoms with Gasteiger partial charge in [0.2, 0.25) is 35.4 Å². The average molecular weight is 1140 g/mol. The van der Waals surface area contributed by atoms with Gasteiger partial charge in [-0.05, 0) is 73.9 Å². The third-order valence-electron chi connectivity index (χ3n) is 14.6. The number of cyclic esters (lactones) is 1. The summed E-state index contributed by atoms with van der Waals surface area (Å²) in [6.07, 6.45) is 4.06. The van der Waals surface area contributed by atoms with Crippen LogP contribution in [0.2, 0.25) is 0 Å². The summed E-state index contributed by atoms with van der Waals surface area (Å²) in [4.78, 5) is 136. The molecule has 8 N–H and O–H groups in total. The van der Waals surface area contributed by atoms with Crippen LogP contribution in [0.25, 0.3) is 22.3 Å². The summed E-state index contributed by atoms with van der Waals surface area (Å²) >= 11 is 0. The average Bonchev–Trinajstić information content (AvgIpc) is 4.15. The van der Waals surface area contributed by atoms with Crippen molar-refractivity contribution in [2.24, 2.45) is 0 Å². The van der Waals surface area contributed by atoms with Crippen LogP contribution in [-0.2, 0) is 93.7 Å². The number of aliphatic hydroxyl groups is 1. The second-order valence-electron chi connectivity index (χ2n) is 20.0. The molecule has 8 amide bonds. The minimum Gasteiger partial charge on any atom is -0.458 e. The van der Waals surface area contributed by atoms with E-state index in [1.807, 2.05) is 0 Å². The van der Waals surface area contributed by atoms with Crippen LogP contribution in [0.4, 0.5) is 4.39 Å². The van der Waals surface area contributed by atoms with Crippen LogP contribution >= 0.6 is 0 Å². The largest absolute Gasteiger partial charge is 0.458 e. The third kappa shape index (κ3) is 13.5. The zero-order valence-corrected chi connectivity index (χ0v) is 45.5. The Hall–Kier alpha value is -8.30. The van der Waals surface area contributed by atoms with Crippen molar-refractivity contribution in [3.05, 3.63) is 110 Å². The second kappa shape index (κ2) is 27.0. The lowest BCUT2D eigenvalue weighted by Gasteiger charge is -2.31. The van der Waals surface area contributed by atoms with Gasteiger partial charge in [-0.15, -0.1) is 0 Å². The molecule has 0 fully saturated rings. The number of aryl methyl sites for hydroxylation is 1. The Morgan fingerprint density at radius 1 is 0.854 bits per heavy atom. The molecule has 3 aliphatic heterocycles. The Bertz CT molecular complexity index is 3240. The quantitative estimate of drug-likeness (QED) is 0.0131. The number of fused-ring (bicyclic) bond motifs is 5. The van der Waals surface area contributed by atoms with Crippen LogP contribution in [0.1, 0.15) is 77.6 Å². The van der Waals surface area contributed by atoms with Gasteiger partial charge in [0, 0.05) is 74.6 Å². The molecule has 5 heterocycles. The van der Waals surface area contributed by atoms with E-state index in [9.17, 15) is 53.1 Å². The first-order valence-electron chi connectivity index (χ1n) is 26.9. The number of hydrogen-bond acceptors (Lipinski definition) is 17. The third-order valence-corrected chi connectivity index (χ3v) is 14.6. The van der Waals surface area contributed by atoms with Gasteiger partial charge in [-0.1, -0.05) is 37.3 Å². The molecule has 2 aromatic heterocycles. The number of halogens is 1. The van der Waals surface area contributed by atoms with Crippen molar-refractivity contribution in [2.45, 2.75) is 89.3 Å². The maximum absolute atomic E-state index is 15.4. The Morgan fingerprint density at radius 2 is 1.56 bits per heavy atom. The molecule has 26 heteroatoms. The smallest absolute Gasteiger partial charge is 0.343 e. The number of benzene rings is 2. The number of aromatic nitrogens is 2. The highest BCUT2D eigenvalue weighted by molar-refractivity contribution is 6.15. The van der Waals surface area contributed by atoms with Gasteiger partial charge in [0.1, 0.15) is 37.8 Å². The van der Waals surface area contributed by atoms with Gasteiger partial charge in [-0.2, -0.15) is 0 Å². The Kier molecular flexibility index (Phi) is 19.7. The zero-order chi connectivity index (χ0) is 58.7. The number of rotatable bonds is 28. The number of nitrogens with zero attached hydrogens (tertiary/aromatic N) is 3. The van der Waals surface area contributed by atoms with E-state index in [1.54, 1.807) is 57.4 Å². The molecule has 25 nitrogen and oxygen atoms in total. The van der Waals surface area contributed by atoms with Crippen LogP contribution in [0, 0.1) is 12.7 Å². The lowest BCUT2D eigenvalue weighted by Crippen LogP contribution is -2.55. The first-order valence-corrected chi connectivity index (χ1v) is 26.9. The first-order chi connectivity index (χ1) is 39.4. The van der Waals surface area contributed by atoms with E-state index in [0.29, 0.717) is 95.7 Å². The molecule has 4 atom stereocenters. The number of ether oxygens (including phenoxy) is 4. The summed E-state index contributed by atoms with van der Waals surface area (Å²) in [5, 5.41) is 30.3. The monoisotopic (exact) mass is 1140 g/mol. The Morgan fingerprint density at radius 3 is 2.29 bits per heavy atom. The Labute approximate surface area is 469 Å². The molecule has 2 aromatic carbocycles. The van der Waals surface area contributed by atoms with E-state index >= 15 is 4.39 Å².